The third-order valence-corrected chi connectivity index (χ3v) is 2.93. The van der Waals surface area contributed by atoms with Crippen molar-refractivity contribution in [2.75, 3.05) is 6.61 Å². The van der Waals surface area contributed by atoms with E-state index in [-0.39, 0.29) is 5.69 Å². The first-order valence-electron chi connectivity index (χ1n) is 5.67. The molecule has 4 heteroatoms. The lowest BCUT2D eigenvalue weighted by atomic mass is 10.0. The molecule has 1 aromatic carbocycles. The summed E-state index contributed by atoms with van der Waals surface area (Å²) in [7, 11) is 0. The molecule has 0 saturated carbocycles. The Labute approximate surface area is 103 Å². The van der Waals surface area contributed by atoms with Crippen molar-refractivity contribution in [3.8, 4) is 5.75 Å². The van der Waals surface area contributed by atoms with Gasteiger partial charge in [-0.2, -0.15) is 0 Å². The summed E-state index contributed by atoms with van der Waals surface area (Å²) in [6.07, 6.45) is 2.18. The molecule has 3 rings (SSSR count). The van der Waals surface area contributed by atoms with Gasteiger partial charge in [0.05, 0.1) is 12.2 Å². The van der Waals surface area contributed by atoms with Gasteiger partial charge in [0.15, 0.2) is 5.82 Å². The van der Waals surface area contributed by atoms with Crippen molar-refractivity contribution < 1.29 is 13.9 Å². The molecule has 0 atom stereocenters. The summed E-state index contributed by atoms with van der Waals surface area (Å²) in [5.74, 6) is -0.488. The molecule has 0 radical (unpaired) electrons. The minimum atomic E-state index is -0.613. The molecule has 0 fully saturated rings. The summed E-state index contributed by atoms with van der Waals surface area (Å²) in [5, 5.41) is 0. The van der Waals surface area contributed by atoms with E-state index in [1.165, 1.54) is 18.3 Å². The molecule has 1 aromatic heterocycles. The van der Waals surface area contributed by atoms with Crippen LogP contribution in [0.5, 0.6) is 5.75 Å². The van der Waals surface area contributed by atoms with Crippen LogP contribution in [0.15, 0.2) is 36.5 Å². The van der Waals surface area contributed by atoms with Crippen LogP contribution in [0, 0.1) is 5.82 Å². The fourth-order valence-electron chi connectivity index (χ4n) is 2.07. The average Bonchev–Trinajstić information content (AvgIpc) is 2.86. The smallest absolute Gasteiger partial charge is 0.218 e. The summed E-state index contributed by atoms with van der Waals surface area (Å²) in [6.45, 7) is 0.560. The van der Waals surface area contributed by atoms with Gasteiger partial charge in [0, 0.05) is 12.6 Å². The van der Waals surface area contributed by atoms with E-state index in [2.05, 4.69) is 4.98 Å². The molecule has 0 unspecified atom stereocenters. The van der Waals surface area contributed by atoms with Crippen molar-refractivity contribution in [3.63, 3.8) is 0 Å². The Hall–Kier alpha value is -2.23. The second-order valence-electron chi connectivity index (χ2n) is 4.06. The van der Waals surface area contributed by atoms with E-state index in [9.17, 15) is 9.18 Å². The SMILES string of the molecule is O=C(c1cccc2c1OCC2)c1ncccc1F. The second kappa shape index (κ2) is 4.22. The minimum absolute atomic E-state index is 0.165. The largest absolute Gasteiger partial charge is 0.492 e. The van der Waals surface area contributed by atoms with Crippen LogP contribution >= 0.6 is 0 Å². The number of pyridine rings is 1. The number of hydrogen-bond donors (Lipinski definition) is 0. The van der Waals surface area contributed by atoms with Gasteiger partial charge in [0.25, 0.3) is 0 Å². The van der Waals surface area contributed by atoms with Crippen LogP contribution in [0.25, 0.3) is 0 Å². The summed E-state index contributed by atoms with van der Waals surface area (Å²) in [6, 6.07) is 8.01. The zero-order chi connectivity index (χ0) is 12.5. The maximum atomic E-state index is 13.6. The number of ketones is 1. The van der Waals surface area contributed by atoms with E-state index in [4.69, 9.17) is 4.74 Å². The standard InChI is InChI=1S/C14H10FNO2/c15-11-5-2-7-16-12(11)13(17)10-4-1-3-9-6-8-18-14(9)10/h1-5,7H,6,8H2. The number of ether oxygens (including phenoxy) is 1. The van der Waals surface area contributed by atoms with Gasteiger partial charge in [-0.3, -0.25) is 4.79 Å². The first kappa shape index (κ1) is 10.9. The topological polar surface area (TPSA) is 39.2 Å². The Bertz CT molecular complexity index is 625. The van der Waals surface area contributed by atoms with Gasteiger partial charge in [0.1, 0.15) is 11.4 Å². The molecule has 0 spiro atoms. The van der Waals surface area contributed by atoms with Crippen molar-refractivity contribution in [1.82, 2.24) is 4.98 Å². The van der Waals surface area contributed by atoms with E-state index in [1.807, 2.05) is 6.07 Å². The van der Waals surface area contributed by atoms with Crippen molar-refractivity contribution in [2.24, 2.45) is 0 Å². The Kier molecular flexibility index (Phi) is 2.55. The number of rotatable bonds is 2. The van der Waals surface area contributed by atoms with Crippen molar-refractivity contribution in [3.05, 3.63) is 59.2 Å². The molecule has 0 bridgehead atoms. The molecule has 0 saturated heterocycles. The molecule has 1 aliphatic heterocycles. The summed E-state index contributed by atoms with van der Waals surface area (Å²) in [5.41, 5.74) is 1.20. The lowest BCUT2D eigenvalue weighted by Crippen LogP contribution is -2.08. The predicted octanol–water partition coefficient (Wildman–Crippen LogP) is 2.39. The number of benzene rings is 1. The highest BCUT2D eigenvalue weighted by Crippen LogP contribution is 2.30. The zero-order valence-electron chi connectivity index (χ0n) is 9.52. The molecule has 0 aliphatic carbocycles. The number of carbonyl (C=O) groups excluding carboxylic acids is 1. The third kappa shape index (κ3) is 1.66. The van der Waals surface area contributed by atoms with Crippen LogP contribution in [-0.2, 0) is 6.42 Å². The van der Waals surface area contributed by atoms with Crippen LogP contribution in [0.3, 0.4) is 0 Å². The number of nitrogens with zero attached hydrogens (tertiary/aromatic N) is 1. The number of carbonyl (C=O) groups is 1. The molecule has 2 aromatic rings. The Morgan fingerprint density at radius 2 is 2.17 bits per heavy atom. The van der Waals surface area contributed by atoms with Gasteiger partial charge in [-0.1, -0.05) is 12.1 Å². The molecular weight excluding hydrogens is 233 g/mol. The minimum Gasteiger partial charge on any atom is -0.492 e. The van der Waals surface area contributed by atoms with Crippen LogP contribution in [0.2, 0.25) is 0 Å². The first-order chi connectivity index (χ1) is 8.77. The van der Waals surface area contributed by atoms with Gasteiger partial charge in [0.2, 0.25) is 5.78 Å². The Morgan fingerprint density at radius 1 is 1.28 bits per heavy atom. The Morgan fingerprint density at radius 3 is 3.00 bits per heavy atom. The van der Waals surface area contributed by atoms with Crippen molar-refractivity contribution in [2.45, 2.75) is 6.42 Å². The van der Waals surface area contributed by atoms with Crippen LogP contribution in [-0.4, -0.2) is 17.4 Å². The van der Waals surface area contributed by atoms with Crippen LogP contribution in [0.4, 0.5) is 4.39 Å². The fourth-order valence-corrected chi connectivity index (χ4v) is 2.07. The quantitative estimate of drug-likeness (QED) is 0.760. The average molecular weight is 243 g/mol. The summed E-state index contributed by atoms with van der Waals surface area (Å²) in [4.78, 5) is 16.0. The first-order valence-corrected chi connectivity index (χ1v) is 5.67. The number of hydrogen-bond acceptors (Lipinski definition) is 3. The van der Waals surface area contributed by atoms with Gasteiger partial charge in [-0.05, 0) is 23.8 Å². The highest BCUT2D eigenvalue weighted by Gasteiger charge is 2.23. The normalized spacial score (nSPS) is 12.9. The molecule has 18 heavy (non-hydrogen) atoms. The lowest BCUT2D eigenvalue weighted by molar-refractivity contribution is 0.102. The van der Waals surface area contributed by atoms with E-state index < -0.39 is 11.6 Å². The monoisotopic (exact) mass is 243 g/mol. The number of para-hydroxylation sites is 1. The lowest BCUT2D eigenvalue weighted by Gasteiger charge is -2.06. The van der Waals surface area contributed by atoms with Gasteiger partial charge >= 0.3 is 0 Å². The maximum absolute atomic E-state index is 13.6. The van der Waals surface area contributed by atoms with E-state index in [0.717, 1.165) is 12.0 Å². The molecule has 1 aliphatic rings. The van der Waals surface area contributed by atoms with E-state index in [1.54, 1.807) is 12.1 Å². The highest BCUT2D eigenvalue weighted by molar-refractivity contribution is 6.10. The Balaban J connectivity index is 2.09. The van der Waals surface area contributed by atoms with Crippen molar-refractivity contribution in [1.29, 1.82) is 0 Å². The predicted molar refractivity (Wildman–Crippen MR) is 63.3 cm³/mol. The van der Waals surface area contributed by atoms with Crippen molar-refractivity contribution >= 4 is 5.78 Å². The molecule has 90 valence electrons. The van der Waals surface area contributed by atoms with Gasteiger partial charge in [-0.25, -0.2) is 9.37 Å². The van der Waals surface area contributed by atoms with Crippen LogP contribution in [0.1, 0.15) is 21.6 Å². The fraction of sp³-hybridized carbons (Fsp3) is 0.143. The molecule has 0 amide bonds. The summed E-state index contributed by atoms with van der Waals surface area (Å²) < 4.78 is 19.0. The van der Waals surface area contributed by atoms with E-state index >= 15 is 0 Å². The third-order valence-electron chi connectivity index (χ3n) is 2.93. The van der Waals surface area contributed by atoms with E-state index in [0.29, 0.717) is 17.9 Å². The summed E-state index contributed by atoms with van der Waals surface area (Å²) >= 11 is 0. The number of fused-ring (bicyclic) bond motifs is 1. The van der Waals surface area contributed by atoms with Gasteiger partial charge < -0.3 is 4.74 Å². The number of halogens is 1. The molecule has 0 N–H and O–H groups in total. The molecule has 2 heterocycles. The number of aromatic nitrogens is 1. The molecule has 3 nitrogen and oxygen atoms in total. The zero-order valence-corrected chi connectivity index (χ0v) is 9.52. The second-order valence-corrected chi connectivity index (χ2v) is 4.06. The highest BCUT2D eigenvalue weighted by atomic mass is 19.1. The molecular formula is C14H10FNO2. The maximum Gasteiger partial charge on any atom is 0.218 e. The van der Waals surface area contributed by atoms with Crippen LogP contribution < -0.4 is 4.74 Å². The van der Waals surface area contributed by atoms with Gasteiger partial charge in [-0.15, -0.1) is 0 Å².